The van der Waals surface area contributed by atoms with Gasteiger partial charge in [-0.2, -0.15) is 0 Å². The van der Waals surface area contributed by atoms with E-state index >= 15 is 0 Å². The highest BCUT2D eigenvalue weighted by Gasteiger charge is 2.26. The maximum atomic E-state index is 13.3. The van der Waals surface area contributed by atoms with Crippen molar-refractivity contribution in [1.29, 1.82) is 0 Å². The lowest BCUT2D eigenvalue weighted by molar-refractivity contribution is -0.384. The highest BCUT2D eigenvalue weighted by Crippen LogP contribution is 2.28. The zero-order valence-corrected chi connectivity index (χ0v) is 16.2. The van der Waals surface area contributed by atoms with Gasteiger partial charge in [0, 0.05) is 12.1 Å². The number of sulfonamides is 1. The highest BCUT2D eigenvalue weighted by atomic mass is 32.2. The fourth-order valence-corrected chi connectivity index (χ4v) is 4.14. The quantitative estimate of drug-likeness (QED) is 0.427. The number of halogens is 1. The van der Waals surface area contributed by atoms with Crippen LogP contribution in [0.1, 0.15) is 5.56 Å². The first kappa shape index (κ1) is 20.3. The number of nitrogens with zero attached hydrogens (tertiary/aromatic N) is 2. The number of hydrogen-bond acceptors (Lipinski definition) is 5. The minimum absolute atomic E-state index is 0.0497. The minimum Gasteiger partial charge on any atom is -0.497 e. The van der Waals surface area contributed by atoms with E-state index in [0.717, 1.165) is 16.4 Å². The van der Waals surface area contributed by atoms with Crippen molar-refractivity contribution in [3.05, 3.63) is 94.3 Å². The fourth-order valence-electron chi connectivity index (χ4n) is 2.69. The van der Waals surface area contributed by atoms with Crippen molar-refractivity contribution in [3.8, 4) is 5.75 Å². The molecule has 0 radical (unpaired) electrons. The van der Waals surface area contributed by atoms with Crippen molar-refractivity contribution in [3.63, 3.8) is 0 Å². The Balaban J connectivity index is 2.04. The Hall–Kier alpha value is -3.46. The number of nitro groups is 1. The lowest BCUT2D eigenvalue weighted by atomic mass is 10.2. The number of non-ortho nitro benzene ring substituents is 1. The third kappa shape index (κ3) is 4.52. The minimum atomic E-state index is -4.05. The SMILES string of the molecule is COc1ccc(N(Cc2ccc(F)cc2)S(=O)(=O)c2ccc([N+](=O)[O-])cc2)cc1. The molecule has 0 bridgehead atoms. The topological polar surface area (TPSA) is 89.8 Å². The number of benzene rings is 3. The van der Waals surface area contributed by atoms with Crippen molar-refractivity contribution in [2.75, 3.05) is 11.4 Å². The Kier molecular flexibility index (Phi) is 5.79. The van der Waals surface area contributed by atoms with Crippen LogP contribution in [0.2, 0.25) is 0 Å². The first-order valence-electron chi connectivity index (χ1n) is 8.47. The van der Waals surface area contributed by atoms with E-state index in [1.165, 1.54) is 43.5 Å². The zero-order chi connectivity index (χ0) is 21.0. The van der Waals surface area contributed by atoms with E-state index in [0.29, 0.717) is 17.0 Å². The first-order chi connectivity index (χ1) is 13.8. The van der Waals surface area contributed by atoms with Crippen LogP contribution in [0.3, 0.4) is 0 Å². The molecule has 0 spiro atoms. The van der Waals surface area contributed by atoms with Crippen molar-refractivity contribution in [2.45, 2.75) is 11.4 Å². The van der Waals surface area contributed by atoms with Crippen LogP contribution in [0.4, 0.5) is 15.8 Å². The number of hydrogen-bond donors (Lipinski definition) is 0. The molecule has 0 amide bonds. The van der Waals surface area contributed by atoms with Gasteiger partial charge in [0.1, 0.15) is 11.6 Å². The molecule has 0 atom stereocenters. The summed E-state index contributed by atoms with van der Waals surface area (Å²) in [5, 5.41) is 10.8. The molecule has 0 saturated carbocycles. The van der Waals surface area contributed by atoms with Gasteiger partial charge in [0.2, 0.25) is 0 Å². The van der Waals surface area contributed by atoms with Crippen LogP contribution in [0, 0.1) is 15.9 Å². The summed E-state index contributed by atoms with van der Waals surface area (Å²) in [6.07, 6.45) is 0. The average molecular weight is 416 g/mol. The van der Waals surface area contributed by atoms with E-state index in [-0.39, 0.29) is 17.1 Å². The molecule has 3 aromatic carbocycles. The standard InChI is InChI=1S/C20H17FN2O5S/c1-28-19-10-6-17(7-11-19)22(14-15-2-4-16(21)5-3-15)29(26,27)20-12-8-18(9-13-20)23(24)25/h2-13H,14H2,1H3. The molecule has 150 valence electrons. The summed E-state index contributed by atoms with van der Waals surface area (Å²) in [6, 6.07) is 16.6. The second kappa shape index (κ2) is 8.27. The van der Waals surface area contributed by atoms with E-state index in [9.17, 15) is 22.9 Å². The van der Waals surface area contributed by atoms with Crippen molar-refractivity contribution in [2.24, 2.45) is 0 Å². The summed E-state index contributed by atoms with van der Waals surface area (Å²) in [5.74, 6) is 0.131. The van der Waals surface area contributed by atoms with Gasteiger partial charge in [0.05, 0.1) is 29.2 Å². The van der Waals surface area contributed by atoms with Crippen LogP contribution >= 0.6 is 0 Å². The van der Waals surface area contributed by atoms with Gasteiger partial charge in [-0.05, 0) is 54.1 Å². The predicted molar refractivity (Wildman–Crippen MR) is 106 cm³/mol. The maximum Gasteiger partial charge on any atom is 0.269 e. The molecule has 0 aromatic heterocycles. The second-order valence-electron chi connectivity index (χ2n) is 6.09. The summed E-state index contributed by atoms with van der Waals surface area (Å²) < 4.78 is 46.1. The number of ether oxygens (including phenoxy) is 1. The number of methoxy groups -OCH3 is 1. The smallest absolute Gasteiger partial charge is 0.269 e. The van der Waals surface area contributed by atoms with E-state index in [1.807, 2.05) is 0 Å². The average Bonchev–Trinajstić information content (AvgIpc) is 2.73. The number of nitro benzene ring substituents is 1. The van der Waals surface area contributed by atoms with Crippen LogP contribution < -0.4 is 9.04 Å². The molecule has 7 nitrogen and oxygen atoms in total. The predicted octanol–water partition coefficient (Wildman–Crippen LogP) is 4.14. The Labute approximate surface area is 167 Å². The number of rotatable bonds is 7. The molecule has 0 aliphatic rings. The number of anilines is 1. The largest absolute Gasteiger partial charge is 0.497 e. The van der Waals surface area contributed by atoms with E-state index in [4.69, 9.17) is 4.74 Å². The molecule has 0 fully saturated rings. The third-order valence-corrected chi connectivity index (χ3v) is 6.02. The van der Waals surface area contributed by atoms with E-state index < -0.39 is 20.8 Å². The molecule has 0 unspecified atom stereocenters. The Morgan fingerprint density at radius 2 is 1.55 bits per heavy atom. The monoisotopic (exact) mass is 416 g/mol. The molecule has 3 rings (SSSR count). The molecule has 9 heteroatoms. The summed E-state index contributed by atoms with van der Waals surface area (Å²) in [7, 11) is -2.55. The Bertz CT molecular complexity index is 1100. The molecule has 0 heterocycles. The molecule has 0 saturated heterocycles. The molecule has 0 aliphatic carbocycles. The van der Waals surface area contributed by atoms with Gasteiger partial charge in [-0.1, -0.05) is 12.1 Å². The highest BCUT2D eigenvalue weighted by molar-refractivity contribution is 7.92. The van der Waals surface area contributed by atoms with Gasteiger partial charge in [-0.3, -0.25) is 14.4 Å². The summed E-state index contributed by atoms with van der Waals surface area (Å²) in [4.78, 5) is 10.2. The van der Waals surface area contributed by atoms with Crippen molar-refractivity contribution >= 4 is 21.4 Å². The Morgan fingerprint density at radius 1 is 0.966 bits per heavy atom. The molecule has 0 N–H and O–H groups in total. The van der Waals surface area contributed by atoms with Gasteiger partial charge < -0.3 is 4.74 Å². The molecular formula is C20H17FN2O5S. The Morgan fingerprint density at radius 3 is 2.07 bits per heavy atom. The normalized spacial score (nSPS) is 11.1. The van der Waals surface area contributed by atoms with Crippen molar-refractivity contribution < 1.29 is 22.5 Å². The van der Waals surface area contributed by atoms with Gasteiger partial charge in [0.15, 0.2) is 0 Å². The molecule has 29 heavy (non-hydrogen) atoms. The lowest BCUT2D eigenvalue weighted by Crippen LogP contribution is -2.30. The third-order valence-electron chi connectivity index (χ3n) is 4.24. The fraction of sp³-hybridized carbons (Fsp3) is 0.100. The van der Waals surface area contributed by atoms with E-state index in [1.54, 1.807) is 24.3 Å². The van der Waals surface area contributed by atoms with E-state index in [2.05, 4.69) is 0 Å². The van der Waals surface area contributed by atoms with Crippen LogP contribution in [-0.4, -0.2) is 20.5 Å². The molecular weight excluding hydrogens is 399 g/mol. The van der Waals surface area contributed by atoms with Gasteiger partial charge in [-0.15, -0.1) is 0 Å². The van der Waals surface area contributed by atoms with Crippen LogP contribution in [-0.2, 0) is 16.6 Å². The summed E-state index contributed by atoms with van der Waals surface area (Å²) in [5.41, 5.74) is 0.736. The molecule has 3 aromatic rings. The van der Waals surface area contributed by atoms with Crippen LogP contribution in [0.15, 0.2) is 77.7 Å². The second-order valence-corrected chi connectivity index (χ2v) is 7.95. The maximum absolute atomic E-state index is 13.3. The van der Waals surface area contributed by atoms with Crippen LogP contribution in [0.25, 0.3) is 0 Å². The first-order valence-corrected chi connectivity index (χ1v) is 9.91. The van der Waals surface area contributed by atoms with Gasteiger partial charge >= 0.3 is 0 Å². The van der Waals surface area contributed by atoms with Gasteiger partial charge in [-0.25, -0.2) is 12.8 Å². The lowest BCUT2D eigenvalue weighted by Gasteiger charge is -2.25. The summed E-state index contributed by atoms with van der Waals surface area (Å²) in [6.45, 7) is -0.0497. The molecule has 0 aliphatic heterocycles. The van der Waals surface area contributed by atoms with Crippen LogP contribution in [0.5, 0.6) is 5.75 Å². The zero-order valence-electron chi connectivity index (χ0n) is 15.4. The van der Waals surface area contributed by atoms with Crippen molar-refractivity contribution in [1.82, 2.24) is 0 Å². The summed E-state index contributed by atoms with van der Waals surface area (Å²) >= 11 is 0. The van der Waals surface area contributed by atoms with Gasteiger partial charge in [0.25, 0.3) is 15.7 Å².